The highest BCUT2D eigenvalue weighted by atomic mass is 16.6. The van der Waals surface area contributed by atoms with Gasteiger partial charge in [-0.25, -0.2) is 0 Å². The van der Waals surface area contributed by atoms with Crippen molar-refractivity contribution in [2.75, 3.05) is 12.4 Å². The lowest BCUT2D eigenvalue weighted by molar-refractivity contribution is -0.385. The van der Waals surface area contributed by atoms with Gasteiger partial charge in [0.2, 0.25) is 5.78 Å². The fourth-order valence-electron chi connectivity index (χ4n) is 3.31. The zero-order valence-electron chi connectivity index (χ0n) is 14.8. The molecule has 0 amide bonds. The van der Waals surface area contributed by atoms with E-state index in [1.807, 2.05) is 0 Å². The zero-order valence-corrected chi connectivity index (χ0v) is 14.8. The number of benzene rings is 3. The van der Waals surface area contributed by atoms with Gasteiger partial charge in [-0.3, -0.25) is 19.7 Å². The van der Waals surface area contributed by atoms with Gasteiger partial charge in [-0.2, -0.15) is 0 Å². The number of rotatable bonds is 4. The molecular weight excluding hydrogens is 360 g/mol. The van der Waals surface area contributed by atoms with Crippen molar-refractivity contribution >= 4 is 28.6 Å². The highest BCUT2D eigenvalue weighted by Crippen LogP contribution is 2.36. The summed E-state index contributed by atoms with van der Waals surface area (Å²) in [7, 11) is 1.57. The van der Waals surface area contributed by atoms with Gasteiger partial charge >= 0.3 is 0 Å². The second-order valence-corrected chi connectivity index (χ2v) is 6.20. The maximum atomic E-state index is 13.1. The first-order valence-electron chi connectivity index (χ1n) is 8.42. The summed E-state index contributed by atoms with van der Waals surface area (Å²) < 4.78 is 5.13. The van der Waals surface area contributed by atoms with E-state index in [0.29, 0.717) is 17.1 Å². The molecule has 0 aromatic heterocycles. The molecule has 0 fully saturated rings. The van der Waals surface area contributed by atoms with Crippen LogP contribution in [0.1, 0.15) is 31.8 Å². The van der Waals surface area contributed by atoms with Crippen LogP contribution < -0.4 is 10.1 Å². The molecule has 28 heavy (non-hydrogen) atoms. The summed E-state index contributed by atoms with van der Waals surface area (Å²) in [5.41, 5.74) is 1.02. The Bertz CT molecular complexity index is 1140. The van der Waals surface area contributed by atoms with Crippen LogP contribution in [0.3, 0.4) is 0 Å². The summed E-state index contributed by atoms with van der Waals surface area (Å²) >= 11 is 0. The number of ether oxygens (including phenoxy) is 1. The van der Waals surface area contributed by atoms with E-state index in [4.69, 9.17) is 4.74 Å². The molecule has 1 aliphatic carbocycles. The monoisotopic (exact) mass is 374 g/mol. The van der Waals surface area contributed by atoms with Crippen molar-refractivity contribution < 1.29 is 19.2 Å². The molecule has 0 bridgehead atoms. The Morgan fingerprint density at radius 3 is 2.11 bits per heavy atom. The number of methoxy groups -OCH3 is 1. The van der Waals surface area contributed by atoms with E-state index in [0.717, 1.165) is 0 Å². The van der Waals surface area contributed by atoms with Gasteiger partial charge < -0.3 is 10.1 Å². The fourth-order valence-corrected chi connectivity index (χ4v) is 3.31. The zero-order chi connectivity index (χ0) is 19.8. The van der Waals surface area contributed by atoms with Crippen LogP contribution in [0.4, 0.5) is 17.1 Å². The lowest BCUT2D eigenvalue weighted by Crippen LogP contribution is -2.23. The van der Waals surface area contributed by atoms with Crippen LogP contribution in [0.2, 0.25) is 0 Å². The molecular formula is C21H14N2O5. The van der Waals surface area contributed by atoms with Gasteiger partial charge in [-0.15, -0.1) is 0 Å². The van der Waals surface area contributed by atoms with Crippen LogP contribution in [0.25, 0.3) is 0 Å². The summed E-state index contributed by atoms with van der Waals surface area (Å²) in [5.74, 6) is -0.270. The van der Waals surface area contributed by atoms with E-state index in [1.54, 1.807) is 43.5 Å². The minimum absolute atomic E-state index is 0.0377. The average molecular weight is 374 g/mol. The third-order valence-electron chi connectivity index (χ3n) is 4.62. The molecule has 4 rings (SSSR count). The van der Waals surface area contributed by atoms with E-state index < -0.39 is 16.5 Å². The summed E-state index contributed by atoms with van der Waals surface area (Å²) in [6, 6.07) is 16.0. The molecule has 3 aromatic rings. The Morgan fingerprint density at radius 1 is 0.857 bits per heavy atom. The van der Waals surface area contributed by atoms with Crippen molar-refractivity contribution in [3.63, 3.8) is 0 Å². The van der Waals surface area contributed by atoms with Crippen LogP contribution in [-0.4, -0.2) is 23.6 Å². The Kier molecular flexibility index (Phi) is 4.12. The third-order valence-corrected chi connectivity index (χ3v) is 4.62. The van der Waals surface area contributed by atoms with E-state index in [9.17, 15) is 19.7 Å². The lowest BCUT2D eigenvalue weighted by atomic mass is 9.82. The molecule has 1 aliphatic rings. The van der Waals surface area contributed by atoms with Crippen molar-refractivity contribution in [1.82, 2.24) is 0 Å². The molecule has 0 saturated heterocycles. The van der Waals surface area contributed by atoms with E-state index in [2.05, 4.69) is 5.32 Å². The summed E-state index contributed by atoms with van der Waals surface area (Å²) in [6.07, 6.45) is 0. The highest BCUT2D eigenvalue weighted by Gasteiger charge is 2.36. The number of fused-ring (bicyclic) bond motifs is 2. The number of carbonyl (C=O) groups excluding carboxylic acids is 2. The standard InChI is InChI=1S/C21H14N2O5/c1-28-13-10-8-12(9-11-13)22-16-6-2-4-14-18(16)20(24)15-5-3-7-17(23(26)27)19(15)21(14)25/h2-11,22H,1H3. The number of nitro groups is 1. The van der Waals surface area contributed by atoms with Crippen molar-refractivity contribution in [3.8, 4) is 5.75 Å². The quantitative estimate of drug-likeness (QED) is 0.426. The molecule has 7 heteroatoms. The largest absolute Gasteiger partial charge is 0.497 e. The topological polar surface area (TPSA) is 98.5 Å². The van der Waals surface area contributed by atoms with Crippen molar-refractivity contribution in [1.29, 1.82) is 0 Å². The number of nitrogens with zero attached hydrogens (tertiary/aromatic N) is 1. The first-order chi connectivity index (χ1) is 13.5. The fraction of sp³-hybridized carbons (Fsp3) is 0.0476. The molecule has 0 saturated carbocycles. The maximum absolute atomic E-state index is 13.1. The summed E-state index contributed by atoms with van der Waals surface area (Å²) in [6.45, 7) is 0. The Hall–Kier alpha value is -4.00. The van der Waals surface area contributed by atoms with E-state index in [1.165, 1.54) is 24.3 Å². The first kappa shape index (κ1) is 17.4. The van der Waals surface area contributed by atoms with Gasteiger partial charge in [0.15, 0.2) is 5.78 Å². The van der Waals surface area contributed by atoms with Crippen LogP contribution in [0.15, 0.2) is 60.7 Å². The van der Waals surface area contributed by atoms with Crippen LogP contribution >= 0.6 is 0 Å². The normalized spacial score (nSPS) is 12.2. The second-order valence-electron chi connectivity index (χ2n) is 6.20. The summed E-state index contributed by atoms with van der Waals surface area (Å²) in [5, 5.41) is 14.5. The predicted molar refractivity (Wildman–Crippen MR) is 103 cm³/mol. The van der Waals surface area contributed by atoms with Crippen molar-refractivity contribution in [2.45, 2.75) is 0 Å². The molecule has 7 nitrogen and oxygen atoms in total. The maximum Gasteiger partial charge on any atom is 0.281 e. The molecule has 0 atom stereocenters. The number of ketones is 2. The van der Waals surface area contributed by atoms with Gasteiger partial charge in [0.25, 0.3) is 5.69 Å². The van der Waals surface area contributed by atoms with Gasteiger partial charge in [0.1, 0.15) is 11.3 Å². The molecule has 3 aromatic carbocycles. The smallest absolute Gasteiger partial charge is 0.281 e. The number of carbonyl (C=O) groups is 2. The van der Waals surface area contributed by atoms with Crippen LogP contribution in [0, 0.1) is 10.1 Å². The van der Waals surface area contributed by atoms with Gasteiger partial charge in [0, 0.05) is 22.9 Å². The van der Waals surface area contributed by atoms with Crippen molar-refractivity contribution in [2.24, 2.45) is 0 Å². The highest BCUT2D eigenvalue weighted by molar-refractivity contribution is 6.31. The Labute approximate surface area is 159 Å². The number of anilines is 2. The first-order valence-corrected chi connectivity index (χ1v) is 8.42. The third kappa shape index (κ3) is 2.69. The predicted octanol–water partition coefficient (Wildman–Crippen LogP) is 4.12. The van der Waals surface area contributed by atoms with Crippen LogP contribution in [-0.2, 0) is 0 Å². The minimum Gasteiger partial charge on any atom is -0.497 e. The summed E-state index contributed by atoms with van der Waals surface area (Å²) in [4.78, 5) is 36.7. The molecule has 0 heterocycles. The van der Waals surface area contributed by atoms with E-state index in [-0.39, 0.29) is 27.9 Å². The minimum atomic E-state index is -0.644. The SMILES string of the molecule is COc1ccc(Nc2cccc3c2C(=O)c2cccc([N+](=O)[O-])c2C3=O)cc1. The number of nitrogens with one attached hydrogen (secondary N) is 1. The molecule has 0 aliphatic heterocycles. The second kappa shape index (κ2) is 6.62. The molecule has 0 radical (unpaired) electrons. The lowest BCUT2D eigenvalue weighted by Gasteiger charge is -2.20. The van der Waals surface area contributed by atoms with Crippen molar-refractivity contribution in [3.05, 3.63) is 93.0 Å². The van der Waals surface area contributed by atoms with Gasteiger partial charge in [-0.05, 0) is 36.4 Å². The average Bonchev–Trinajstić information content (AvgIpc) is 2.72. The number of hydrogen-bond acceptors (Lipinski definition) is 6. The van der Waals surface area contributed by atoms with Gasteiger partial charge in [0.05, 0.1) is 23.3 Å². The van der Waals surface area contributed by atoms with Crippen LogP contribution in [0.5, 0.6) is 5.75 Å². The molecule has 0 spiro atoms. The number of hydrogen-bond donors (Lipinski definition) is 1. The Balaban J connectivity index is 1.82. The molecule has 138 valence electrons. The molecule has 1 N–H and O–H groups in total. The van der Waals surface area contributed by atoms with Gasteiger partial charge in [-0.1, -0.05) is 18.2 Å². The Morgan fingerprint density at radius 2 is 1.46 bits per heavy atom. The number of nitro benzene ring substituents is 1. The molecule has 0 unspecified atom stereocenters. The van der Waals surface area contributed by atoms with E-state index >= 15 is 0 Å².